The van der Waals surface area contributed by atoms with E-state index in [2.05, 4.69) is 37.6 Å². The van der Waals surface area contributed by atoms with Gasteiger partial charge in [-0.05, 0) is 53.6 Å². The highest BCUT2D eigenvalue weighted by Gasteiger charge is 2.21. The number of hydrogen-bond donors (Lipinski definition) is 1. The molecule has 0 saturated carbocycles. The van der Waals surface area contributed by atoms with Gasteiger partial charge in [-0.15, -0.1) is 0 Å². The van der Waals surface area contributed by atoms with Gasteiger partial charge in [-0.3, -0.25) is 14.3 Å². The first kappa shape index (κ1) is 24.3. The van der Waals surface area contributed by atoms with E-state index < -0.39 is 0 Å². The van der Waals surface area contributed by atoms with Crippen LogP contribution in [0.15, 0.2) is 67.1 Å². The number of benzene rings is 2. The molecule has 0 unspecified atom stereocenters. The highest BCUT2D eigenvalue weighted by Crippen LogP contribution is 2.33. The van der Waals surface area contributed by atoms with E-state index in [1.54, 1.807) is 25.6 Å². The van der Waals surface area contributed by atoms with Crippen LogP contribution in [0.3, 0.4) is 0 Å². The average molecular weight is 514 g/mol. The zero-order valence-electron chi connectivity index (χ0n) is 21.4. The van der Waals surface area contributed by atoms with Crippen molar-refractivity contribution in [1.29, 1.82) is 0 Å². The molecular weight excluding hydrogens is 482 g/mol. The molecule has 4 aromatic rings. The van der Waals surface area contributed by atoms with Crippen molar-refractivity contribution in [1.82, 2.24) is 24.3 Å². The molecule has 0 spiro atoms. The molecule has 2 aromatic carbocycles. The summed E-state index contributed by atoms with van der Waals surface area (Å²) < 4.78 is 19.4. The summed E-state index contributed by atoms with van der Waals surface area (Å²) >= 11 is 0. The number of ether oxygens (including phenoxy) is 3. The Morgan fingerprint density at radius 3 is 2.79 bits per heavy atom. The van der Waals surface area contributed by atoms with Crippen molar-refractivity contribution < 1.29 is 19.0 Å². The van der Waals surface area contributed by atoms with Crippen LogP contribution in [0.5, 0.6) is 11.5 Å². The van der Waals surface area contributed by atoms with E-state index >= 15 is 0 Å². The number of rotatable bonds is 4. The molecule has 6 rings (SSSR count). The molecule has 2 aromatic heterocycles. The topological polar surface area (TPSA) is 84.9 Å². The lowest BCUT2D eigenvalue weighted by Crippen LogP contribution is -2.36. The quantitative estimate of drug-likeness (QED) is 0.448. The number of aromatic amines is 1. The van der Waals surface area contributed by atoms with Crippen molar-refractivity contribution in [3.63, 3.8) is 0 Å². The first-order valence-electron chi connectivity index (χ1n) is 12.9. The van der Waals surface area contributed by atoms with Crippen LogP contribution < -0.4 is 9.47 Å². The minimum absolute atomic E-state index is 0.0716. The van der Waals surface area contributed by atoms with E-state index in [1.807, 2.05) is 35.4 Å². The molecule has 0 aliphatic carbocycles. The third-order valence-corrected chi connectivity index (χ3v) is 7.00. The monoisotopic (exact) mass is 513 g/mol. The fourth-order valence-corrected chi connectivity index (χ4v) is 5.11. The van der Waals surface area contributed by atoms with Gasteiger partial charge in [-0.25, -0.2) is 4.98 Å². The summed E-state index contributed by atoms with van der Waals surface area (Å²) in [6.45, 7) is 5.30. The molecule has 1 fully saturated rings. The first-order chi connectivity index (χ1) is 18.7. The van der Waals surface area contributed by atoms with E-state index in [1.165, 1.54) is 5.56 Å². The fraction of sp³-hybridized carbons (Fsp3) is 0.310. The number of imidazole rings is 1. The van der Waals surface area contributed by atoms with Crippen molar-refractivity contribution >= 4 is 5.91 Å². The smallest absolute Gasteiger partial charge is 0.270 e. The first-order valence-corrected chi connectivity index (χ1v) is 12.9. The molecule has 38 heavy (non-hydrogen) atoms. The molecule has 0 atom stereocenters. The molecule has 1 saturated heterocycles. The Labute approximate surface area is 221 Å². The highest BCUT2D eigenvalue weighted by atomic mass is 16.5. The molecular formula is C29H31N5O4. The summed E-state index contributed by atoms with van der Waals surface area (Å²) in [5.74, 6) is 1.99. The predicted octanol–water partition coefficient (Wildman–Crippen LogP) is 3.74. The Morgan fingerprint density at radius 1 is 1.08 bits per heavy atom. The van der Waals surface area contributed by atoms with E-state index in [4.69, 9.17) is 14.2 Å². The van der Waals surface area contributed by atoms with Gasteiger partial charge in [0.25, 0.3) is 5.91 Å². The maximum atomic E-state index is 13.5. The number of aromatic nitrogens is 3. The Morgan fingerprint density at radius 2 is 1.97 bits per heavy atom. The van der Waals surface area contributed by atoms with Crippen LogP contribution in [-0.4, -0.2) is 76.8 Å². The number of carbonyl (C=O) groups excluding carboxylic acids is 1. The van der Waals surface area contributed by atoms with Gasteiger partial charge in [0, 0.05) is 56.0 Å². The number of fused-ring (bicyclic) bond motifs is 7. The van der Waals surface area contributed by atoms with Crippen LogP contribution in [0.4, 0.5) is 0 Å². The fourth-order valence-electron chi connectivity index (χ4n) is 5.11. The van der Waals surface area contributed by atoms with Crippen molar-refractivity contribution in [2.45, 2.75) is 13.1 Å². The van der Waals surface area contributed by atoms with Gasteiger partial charge in [-0.1, -0.05) is 6.07 Å². The van der Waals surface area contributed by atoms with Crippen LogP contribution >= 0.6 is 0 Å². The molecule has 0 radical (unpaired) electrons. The average Bonchev–Trinajstić information content (AvgIpc) is 3.65. The van der Waals surface area contributed by atoms with Gasteiger partial charge in [-0.2, -0.15) is 0 Å². The Kier molecular flexibility index (Phi) is 6.85. The summed E-state index contributed by atoms with van der Waals surface area (Å²) in [6.07, 6.45) is 5.54. The summed E-state index contributed by atoms with van der Waals surface area (Å²) in [7, 11) is 1.62. The van der Waals surface area contributed by atoms with Crippen LogP contribution in [0.2, 0.25) is 0 Å². The second-order valence-corrected chi connectivity index (χ2v) is 9.54. The summed E-state index contributed by atoms with van der Waals surface area (Å²) in [6, 6.07) is 16.0. The van der Waals surface area contributed by atoms with Gasteiger partial charge in [0.2, 0.25) is 0 Å². The lowest BCUT2D eigenvalue weighted by molar-refractivity contribution is 0.0341. The Balaban J connectivity index is 1.45. The second kappa shape index (κ2) is 10.7. The van der Waals surface area contributed by atoms with Crippen LogP contribution in [0, 0.1) is 0 Å². The normalized spacial score (nSPS) is 16.0. The maximum Gasteiger partial charge on any atom is 0.270 e. The summed E-state index contributed by atoms with van der Waals surface area (Å²) in [4.78, 5) is 25.4. The lowest BCUT2D eigenvalue weighted by atomic mass is 10.1. The van der Waals surface area contributed by atoms with Crippen LogP contribution in [0.1, 0.15) is 21.6 Å². The van der Waals surface area contributed by atoms with E-state index in [0.29, 0.717) is 36.9 Å². The number of nitrogens with zero attached hydrogens (tertiary/aromatic N) is 4. The molecule has 4 bridgehead atoms. The van der Waals surface area contributed by atoms with Crippen molar-refractivity contribution in [2.75, 3.05) is 46.6 Å². The SMILES string of the molecule is COc1ccc2cc1OCCN(C(=O)c1ccc[nH]1)Cc1cc(CN3CCOCC3)cc(c1)-n1ccnc1-2. The van der Waals surface area contributed by atoms with Crippen molar-refractivity contribution in [3.05, 3.63) is 83.9 Å². The van der Waals surface area contributed by atoms with Crippen LogP contribution in [0.25, 0.3) is 17.1 Å². The summed E-state index contributed by atoms with van der Waals surface area (Å²) in [5.41, 5.74) is 4.71. The molecule has 2 aliphatic rings. The summed E-state index contributed by atoms with van der Waals surface area (Å²) in [5, 5.41) is 0. The van der Waals surface area contributed by atoms with Gasteiger partial charge < -0.3 is 24.1 Å². The highest BCUT2D eigenvalue weighted by molar-refractivity contribution is 5.92. The molecule has 1 N–H and O–H groups in total. The second-order valence-electron chi connectivity index (χ2n) is 9.54. The van der Waals surface area contributed by atoms with Gasteiger partial charge in [0.15, 0.2) is 11.5 Å². The van der Waals surface area contributed by atoms with Gasteiger partial charge in [0.05, 0.1) is 26.9 Å². The predicted molar refractivity (Wildman–Crippen MR) is 143 cm³/mol. The number of carbonyl (C=O) groups is 1. The molecule has 4 heterocycles. The molecule has 9 heteroatoms. The van der Waals surface area contributed by atoms with E-state index in [0.717, 1.165) is 55.5 Å². The third-order valence-electron chi connectivity index (χ3n) is 7.00. The Hall–Kier alpha value is -4.08. The van der Waals surface area contributed by atoms with E-state index in [-0.39, 0.29) is 5.91 Å². The maximum absolute atomic E-state index is 13.5. The number of H-pyrrole nitrogens is 1. The Bertz CT molecular complexity index is 1410. The minimum Gasteiger partial charge on any atom is -0.493 e. The van der Waals surface area contributed by atoms with Crippen molar-refractivity contribution in [3.8, 4) is 28.6 Å². The lowest BCUT2D eigenvalue weighted by Gasteiger charge is -2.27. The third kappa shape index (κ3) is 5.03. The molecule has 9 nitrogen and oxygen atoms in total. The standard InChI is InChI=1S/C29H31N5O4/c1-36-26-5-4-23-18-27(26)38-14-11-33(29(35)25-3-2-6-30-25)20-22-15-21(19-32-9-12-37-13-10-32)16-24(17-22)34-8-7-31-28(23)34/h2-8,15-18,30H,9-14,19-20H2,1H3. The number of methoxy groups -OCH3 is 1. The largest absolute Gasteiger partial charge is 0.493 e. The molecule has 1 amide bonds. The number of hydrogen-bond acceptors (Lipinski definition) is 6. The van der Waals surface area contributed by atoms with Gasteiger partial charge >= 0.3 is 0 Å². The number of nitrogens with one attached hydrogen (secondary N) is 1. The number of morpholine rings is 1. The molecule has 2 aliphatic heterocycles. The van der Waals surface area contributed by atoms with Crippen LogP contribution in [-0.2, 0) is 17.8 Å². The zero-order valence-corrected chi connectivity index (χ0v) is 21.4. The van der Waals surface area contributed by atoms with E-state index in [9.17, 15) is 4.79 Å². The molecule has 196 valence electrons. The zero-order chi connectivity index (χ0) is 25.9. The van der Waals surface area contributed by atoms with Crippen molar-refractivity contribution in [2.24, 2.45) is 0 Å². The van der Waals surface area contributed by atoms with Gasteiger partial charge in [0.1, 0.15) is 18.1 Å². The minimum atomic E-state index is -0.0716. The number of amides is 1.